The highest BCUT2D eigenvalue weighted by Gasteiger charge is 2.47. The van der Waals surface area contributed by atoms with E-state index in [0.29, 0.717) is 18.5 Å². The molecule has 2 fully saturated rings. The van der Waals surface area contributed by atoms with Crippen LogP contribution in [0.2, 0.25) is 0 Å². The summed E-state index contributed by atoms with van der Waals surface area (Å²) in [7, 11) is 1.25. The summed E-state index contributed by atoms with van der Waals surface area (Å²) in [4.78, 5) is 17.8. The van der Waals surface area contributed by atoms with Crippen LogP contribution in [0.25, 0.3) is 0 Å². The number of alkyl halides is 3. The third kappa shape index (κ3) is 5.07. The monoisotopic (exact) mass is 489 g/mol. The average molecular weight is 490 g/mol. The maximum absolute atomic E-state index is 14.0. The van der Waals surface area contributed by atoms with Gasteiger partial charge < -0.3 is 10.2 Å². The van der Waals surface area contributed by atoms with Gasteiger partial charge in [-0.15, -0.1) is 0 Å². The van der Waals surface area contributed by atoms with Crippen molar-refractivity contribution >= 4 is 23.4 Å². The van der Waals surface area contributed by atoms with Crippen LogP contribution in [-0.4, -0.2) is 46.6 Å². The summed E-state index contributed by atoms with van der Waals surface area (Å²) in [6, 6.07) is 7.98. The quantitative estimate of drug-likeness (QED) is 0.562. The van der Waals surface area contributed by atoms with E-state index in [2.05, 4.69) is 28.5 Å². The second kappa shape index (κ2) is 9.44. The fourth-order valence-corrected chi connectivity index (χ4v) is 6.35. The molecule has 1 amide bonds. The molecule has 0 bridgehead atoms. The maximum atomic E-state index is 14.0. The Labute approximate surface area is 202 Å². The van der Waals surface area contributed by atoms with Crippen LogP contribution in [0.3, 0.4) is 0 Å². The lowest BCUT2D eigenvalue weighted by molar-refractivity contribution is -0.191. The number of fused-ring (bicyclic) bond motifs is 1. The molecule has 2 heterocycles. The number of carbonyl (C=O) groups excluding carboxylic acids is 1. The summed E-state index contributed by atoms with van der Waals surface area (Å²) in [5.74, 6) is 1.55. The molecule has 1 unspecified atom stereocenters. The lowest BCUT2D eigenvalue weighted by Crippen LogP contribution is -2.43. The topological polar surface area (TPSA) is 45.2 Å². The summed E-state index contributed by atoms with van der Waals surface area (Å²) >= 11 is 1.74. The van der Waals surface area contributed by atoms with E-state index in [1.54, 1.807) is 17.8 Å². The minimum absolute atomic E-state index is 0.150. The highest BCUT2D eigenvalue weighted by atomic mass is 32.2. The van der Waals surface area contributed by atoms with Gasteiger partial charge >= 0.3 is 6.18 Å². The molecular weight excluding hydrogens is 459 g/mol. The summed E-state index contributed by atoms with van der Waals surface area (Å²) in [6.07, 6.45) is 2.46. The molecule has 1 saturated carbocycles. The molecule has 8 heteroatoms. The van der Waals surface area contributed by atoms with E-state index in [4.69, 9.17) is 0 Å². The molecule has 1 saturated heterocycles. The van der Waals surface area contributed by atoms with Crippen molar-refractivity contribution in [3.8, 4) is 0 Å². The number of nitrogens with zero attached hydrogens (tertiary/aromatic N) is 2. The number of rotatable bonds is 6. The first kappa shape index (κ1) is 23.5. The van der Waals surface area contributed by atoms with Crippen molar-refractivity contribution in [3.05, 3.63) is 58.9 Å². The second-order valence-electron chi connectivity index (χ2n) is 9.80. The Balaban J connectivity index is 1.26. The maximum Gasteiger partial charge on any atom is 0.414 e. The molecule has 2 aliphatic carbocycles. The third-order valence-electron chi connectivity index (χ3n) is 7.26. The van der Waals surface area contributed by atoms with Crippen molar-refractivity contribution in [1.29, 1.82) is 0 Å². The molecule has 1 aromatic heterocycles. The number of anilines is 1. The molecular formula is C26H30F3N3OS. The number of amides is 1. The first-order chi connectivity index (χ1) is 16.3. The minimum atomic E-state index is -4.60. The van der Waals surface area contributed by atoms with Crippen molar-refractivity contribution in [2.75, 3.05) is 23.9 Å². The molecule has 34 heavy (non-hydrogen) atoms. The van der Waals surface area contributed by atoms with Gasteiger partial charge in [-0.2, -0.15) is 24.9 Å². The number of halogens is 3. The second-order valence-corrected chi connectivity index (χ2v) is 11.0. The highest BCUT2D eigenvalue weighted by molar-refractivity contribution is 7.99. The Hall–Kier alpha value is -2.22. The Morgan fingerprint density at radius 2 is 1.82 bits per heavy atom. The molecule has 1 N–H and O–H groups in total. The van der Waals surface area contributed by atoms with Gasteiger partial charge in [0.1, 0.15) is 0 Å². The lowest BCUT2D eigenvalue weighted by Gasteiger charge is -2.33. The predicted octanol–water partition coefficient (Wildman–Crippen LogP) is 5.74. The number of aromatic nitrogens is 1. The lowest BCUT2D eigenvalue weighted by atomic mass is 9.99. The van der Waals surface area contributed by atoms with Crippen molar-refractivity contribution in [3.63, 3.8) is 0 Å². The minimum Gasteiger partial charge on any atom is -0.380 e. The summed E-state index contributed by atoms with van der Waals surface area (Å²) in [5.41, 5.74) is 4.68. The van der Waals surface area contributed by atoms with E-state index in [1.807, 2.05) is 0 Å². The molecule has 0 spiro atoms. The zero-order chi connectivity index (χ0) is 23.9. The van der Waals surface area contributed by atoms with E-state index in [0.717, 1.165) is 35.2 Å². The van der Waals surface area contributed by atoms with Gasteiger partial charge in [-0.3, -0.25) is 9.78 Å². The summed E-state index contributed by atoms with van der Waals surface area (Å²) in [5, 5.41) is 3.43. The molecule has 4 nitrogen and oxygen atoms in total. The van der Waals surface area contributed by atoms with Crippen LogP contribution in [0.5, 0.6) is 0 Å². The smallest absolute Gasteiger partial charge is 0.380 e. The van der Waals surface area contributed by atoms with Crippen LogP contribution in [0.15, 0.2) is 36.5 Å². The molecule has 1 aromatic carbocycles. The zero-order valence-corrected chi connectivity index (χ0v) is 20.1. The van der Waals surface area contributed by atoms with Gasteiger partial charge in [0.25, 0.3) is 0 Å². The largest absolute Gasteiger partial charge is 0.414 e. The van der Waals surface area contributed by atoms with Crippen molar-refractivity contribution < 1.29 is 18.0 Å². The van der Waals surface area contributed by atoms with Crippen LogP contribution < -0.4 is 5.32 Å². The average Bonchev–Trinajstić information content (AvgIpc) is 3.59. The number of benzene rings is 1. The van der Waals surface area contributed by atoms with Crippen molar-refractivity contribution in [2.45, 2.75) is 62.7 Å². The molecule has 0 radical (unpaired) electrons. The van der Waals surface area contributed by atoms with E-state index in [9.17, 15) is 18.0 Å². The Kier molecular flexibility index (Phi) is 6.53. The zero-order valence-electron chi connectivity index (χ0n) is 19.3. The van der Waals surface area contributed by atoms with E-state index >= 15 is 0 Å². The summed E-state index contributed by atoms with van der Waals surface area (Å²) in [6.45, 7) is 0. The van der Waals surface area contributed by atoms with Gasteiger partial charge in [0.05, 0.1) is 17.6 Å². The number of carbonyl (C=O) groups is 1. The van der Waals surface area contributed by atoms with Gasteiger partial charge in [-0.25, -0.2) is 0 Å². The Bertz CT molecular complexity index is 1030. The van der Waals surface area contributed by atoms with Gasteiger partial charge in [0.15, 0.2) is 6.04 Å². The standard InChI is InChI=1S/C26H30F3N3OS/c1-32(25(33)17-8-10-34-11-9-17)24(26(27,28)29)23-7-6-21(15-30-23)31-22-13-19-5-4-18(16-2-3-16)12-20(19)14-22/h4-7,12,15-17,22,24,31H,2-3,8-11,13-14H2,1H3/t22?,24-/m0/s1. The van der Waals surface area contributed by atoms with Crippen LogP contribution in [0.4, 0.5) is 18.9 Å². The SMILES string of the molecule is CN(C(=O)C1CCSCC1)[C@@H](c1ccc(NC2Cc3ccc(C4CC4)cc3C2)cn1)C(F)(F)F. The van der Waals surface area contributed by atoms with Crippen LogP contribution in [-0.2, 0) is 17.6 Å². The molecule has 1 aliphatic heterocycles. The van der Waals surface area contributed by atoms with E-state index in [1.165, 1.54) is 48.8 Å². The highest BCUT2D eigenvalue weighted by Crippen LogP contribution is 2.42. The van der Waals surface area contributed by atoms with Crippen LogP contribution in [0, 0.1) is 5.92 Å². The molecule has 182 valence electrons. The van der Waals surface area contributed by atoms with Gasteiger partial charge in [-0.1, -0.05) is 18.2 Å². The molecule has 5 rings (SSSR count). The third-order valence-corrected chi connectivity index (χ3v) is 8.31. The van der Waals surface area contributed by atoms with E-state index < -0.39 is 18.1 Å². The van der Waals surface area contributed by atoms with Gasteiger partial charge in [0.2, 0.25) is 5.91 Å². The number of thioether (sulfide) groups is 1. The number of nitrogens with one attached hydrogen (secondary N) is 1. The predicted molar refractivity (Wildman–Crippen MR) is 129 cm³/mol. The van der Waals surface area contributed by atoms with Gasteiger partial charge in [-0.05, 0) is 84.8 Å². The van der Waals surface area contributed by atoms with E-state index in [-0.39, 0.29) is 17.7 Å². The number of hydrogen-bond donors (Lipinski definition) is 1. The van der Waals surface area contributed by atoms with Gasteiger partial charge in [0, 0.05) is 19.0 Å². The Morgan fingerprint density at radius 3 is 2.47 bits per heavy atom. The number of pyridine rings is 1. The number of hydrogen-bond acceptors (Lipinski definition) is 4. The Morgan fingerprint density at radius 1 is 1.09 bits per heavy atom. The van der Waals surface area contributed by atoms with Crippen LogP contribution in [0.1, 0.15) is 60.0 Å². The molecule has 2 aromatic rings. The fraction of sp³-hybridized carbons (Fsp3) is 0.538. The molecule has 2 atom stereocenters. The van der Waals surface area contributed by atoms with Crippen molar-refractivity contribution in [1.82, 2.24) is 9.88 Å². The molecule has 3 aliphatic rings. The fourth-order valence-electron chi connectivity index (χ4n) is 5.24. The van der Waals surface area contributed by atoms with Crippen LogP contribution >= 0.6 is 11.8 Å². The summed E-state index contributed by atoms with van der Waals surface area (Å²) < 4.78 is 42.0. The normalized spacial score (nSPS) is 21.7. The first-order valence-corrected chi connectivity index (χ1v) is 13.2. The van der Waals surface area contributed by atoms with Crippen molar-refractivity contribution in [2.24, 2.45) is 5.92 Å². The first-order valence-electron chi connectivity index (χ1n) is 12.0.